The van der Waals surface area contributed by atoms with Crippen molar-refractivity contribution in [2.45, 2.75) is 22.6 Å². The van der Waals surface area contributed by atoms with Crippen molar-refractivity contribution in [2.24, 2.45) is 5.92 Å². The molecule has 4 aromatic rings. The van der Waals surface area contributed by atoms with Crippen LogP contribution < -0.4 is 15.4 Å². The van der Waals surface area contributed by atoms with Crippen molar-refractivity contribution >= 4 is 46.0 Å². The number of nitrogens with zero attached hydrogens (tertiary/aromatic N) is 1. The summed E-state index contributed by atoms with van der Waals surface area (Å²) < 4.78 is 5.19. The highest BCUT2D eigenvalue weighted by atomic mass is 32.2. The maximum atomic E-state index is 12.6. The lowest BCUT2D eigenvalue weighted by Gasteiger charge is -2.09. The topological polar surface area (TPSA) is 96.1 Å². The van der Waals surface area contributed by atoms with Crippen LogP contribution in [0.1, 0.15) is 23.2 Å². The first-order chi connectivity index (χ1) is 16.1. The Labute approximate surface area is 194 Å². The number of ether oxygens (including phenoxy) is 1. The van der Waals surface area contributed by atoms with Gasteiger partial charge in [-0.05, 0) is 67.4 Å². The molecule has 0 aliphatic heterocycles. The predicted octanol–water partition coefficient (Wildman–Crippen LogP) is 5.32. The van der Waals surface area contributed by atoms with E-state index in [1.807, 2.05) is 42.5 Å². The number of carbonyl (C=O) groups excluding carboxylic acids is 2. The Morgan fingerprint density at radius 1 is 1.00 bits per heavy atom. The van der Waals surface area contributed by atoms with Crippen LogP contribution in [0.5, 0.6) is 5.75 Å². The zero-order chi connectivity index (χ0) is 22.8. The summed E-state index contributed by atoms with van der Waals surface area (Å²) in [5.74, 6) is 1.17. The van der Waals surface area contributed by atoms with E-state index >= 15 is 0 Å². The van der Waals surface area contributed by atoms with Gasteiger partial charge in [0.15, 0.2) is 5.82 Å². The van der Waals surface area contributed by atoms with Crippen LogP contribution >= 0.6 is 11.8 Å². The molecule has 1 aliphatic rings. The molecule has 7 nitrogen and oxygen atoms in total. The molecule has 2 amide bonds. The number of rotatable bonds is 7. The molecule has 8 heteroatoms. The third kappa shape index (κ3) is 4.85. The second-order valence-corrected chi connectivity index (χ2v) is 9.01. The number of hydrogen-bond donors (Lipinski definition) is 3. The summed E-state index contributed by atoms with van der Waals surface area (Å²) in [7, 11) is 1.57. The highest BCUT2D eigenvalue weighted by Gasteiger charge is 2.30. The van der Waals surface area contributed by atoms with Gasteiger partial charge in [0, 0.05) is 32.3 Å². The zero-order valence-electron chi connectivity index (χ0n) is 17.9. The van der Waals surface area contributed by atoms with Crippen LogP contribution in [0.2, 0.25) is 0 Å². The molecular formula is C25H22N4O3S. The molecule has 166 valence electrons. The van der Waals surface area contributed by atoms with Crippen molar-refractivity contribution in [2.75, 3.05) is 17.7 Å². The van der Waals surface area contributed by atoms with Crippen LogP contribution in [-0.2, 0) is 4.79 Å². The van der Waals surface area contributed by atoms with E-state index in [1.54, 1.807) is 43.1 Å². The zero-order valence-corrected chi connectivity index (χ0v) is 18.7. The molecule has 0 atom stereocenters. The minimum Gasteiger partial charge on any atom is -0.497 e. The molecule has 1 heterocycles. The number of anilines is 2. The number of aromatic amines is 1. The lowest BCUT2D eigenvalue weighted by Crippen LogP contribution is -2.13. The lowest BCUT2D eigenvalue weighted by molar-refractivity contribution is -0.117. The molecule has 5 rings (SSSR count). The van der Waals surface area contributed by atoms with Crippen LogP contribution in [0.25, 0.3) is 10.9 Å². The maximum absolute atomic E-state index is 12.6. The van der Waals surface area contributed by atoms with E-state index in [9.17, 15) is 9.59 Å². The number of methoxy groups -OCH3 is 1. The molecule has 1 aromatic heterocycles. The third-order valence-electron chi connectivity index (χ3n) is 5.38. The first-order valence-electron chi connectivity index (χ1n) is 10.6. The van der Waals surface area contributed by atoms with Gasteiger partial charge in [-0.2, -0.15) is 5.10 Å². The predicted molar refractivity (Wildman–Crippen MR) is 129 cm³/mol. The third-order valence-corrected chi connectivity index (χ3v) is 6.36. The van der Waals surface area contributed by atoms with E-state index in [4.69, 9.17) is 4.74 Å². The van der Waals surface area contributed by atoms with Gasteiger partial charge in [0.05, 0.1) is 12.6 Å². The molecule has 3 aromatic carbocycles. The van der Waals surface area contributed by atoms with Crippen LogP contribution in [-0.4, -0.2) is 29.1 Å². The Balaban J connectivity index is 1.28. The monoisotopic (exact) mass is 458 g/mol. The number of aromatic nitrogens is 2. The van der Waals surface area contributed by atoms with Crippen LogP contribution in [0.15, 0.2) is 76.5 Å². The Bertz CT molecular complexity index is 1350. The second-order valence-electron chi connectivity index (χ2n) is 7.86. The van der Waals surface area contributed by atoms with E-state index in [0.717, 1.165) is 33.5 Å². The summed E-state index contributed by atoms with van der Waals surface area (Å²) in [5.41, 5.74) is 2.09. The number of carbonyl (C=O) groups is 2. The molecule has 1 fully saturated rings. The van der Waals surface area contributed by atoms with Gasteiger partial charge < -0.3 is 15.4 Å². The average molecular weight is 459 g/mol. The molecule has 0 saturated heterocycles. The highest BCUT2D eigenvalue weighted by molar-refractivity contribution is 7.99. The van der Waals surface area contributed by atoms with Crippen molar-refractivity contribution in [3.05, 3.63) is 72.3 Å². The molecule has 0 radical (unpaired) electrons. The number of fused-ring (bicyclic) bond motifs is 1. The fourth-order valence-electron chi connectivity index (χ4n) is 3.46. The van der Waals surface area contributed by atoms with Gasteiger partial charge in [-0.1, -0.05) is 23.9 Å². The van der Waals surface area contributed by atoms with E-state index in [2.05, 4.69) is 20.8 Å². The Morgan fingerprint density at radius 3 is 2.64 bits per heavy atom. The summed E-state index contributed by atoms with van der Waals surface area (Å²) in [6, 6.07) is 20.7. The summed E-state index contributed by atoms with van der Waals surface area (Å²) >= 11 is 1.58. The normalized spacial score (nSPS) is 13.0. The number of nitrogens with one attached hydrogen (secondary N) is 3. The van der Waals surface area contributed by atoms with Gasteiger partial charge in [0.25, 0.3) is 5.91 Å². The second kappa shape index (κ2) is 8.99. The van der Waals surface area contributed by atoms with E-state index in [0.29, 0.717) is 22.8 Å². The lowest BCUT2D eigenvalue weighted by atomic mass is 10.2. The minimum atomic E-state index is -0.198. The number of hydrogen-bond acceptors (Lipinski definition) is 5. The van der Waals surface area contributed by atoms with Crippen molar-refractivity contribution < 1.29 is 14.3 Å². The van der Waals surface area contributed by atoms with Crippen molar-refractivity contribution in [1.82, 2.24) is 10.2 Å². The van der Waals surface area contributed by atoms with Gasteiger partial charge in [-0.3, -0.25) is 14.7 Å². The quantitative estimate of drug-likeness (QED) is 0.348. The molecule has 1 aliphatic carbocycles. The molecule has 0 unspecified atom stereocenters. The molecule has 1 saturated carbocycles. The van der Waals surface area contributed by atoms with Gasteiger partial charge >= 0.3 is 0 Å². The summed E-state index contributed by atoms with van der Waals surface area (Å²) in [4.78, 5) is 26.7. The van der Waals surface area contributed by atoms with Crippen LogP contribution in [0.4, 0.5) is 11.5 Å². The van der Waals surface area contributed by atoms with Gasteiger partial charge in [0.1, 0.15) is 5.75 Å². The number of H-pyrrole nitrogens is 1. The minimum absolute atomic E-state index is 0.0367. The average Bonchev–Trinajstić information content (AvgIpc) is 3.62. The van der Waals surface area contributed by atoms with E-state index in [-0.39, 0.29) is 17.7 Å². The Kier molecular flexibility index (Phi) is 5.75. The summed E-state index contributed by atoms with van der Waals surface area (Å²) in [5, 5.41) is 14.0. The standard InChI is InChI=1S/C25H22N4O3S/c1-32-18-6-2-4-16(12-18)25(31)26-17-5-3-7-19(13-17)33-20-10-11-21-22(14-20)28-29-23(21)27-24(30)15-8-9-15/h2-7,10-15H,8-9H2,1H3,(H,26,31)(H2,27,28,29,30). The van der Waals surface area contributed by atoms with Crippen molar-refractivity contribution in [3.63, 3.8) is 0 Å². The summed E-state index contributed by atoms with van der Waals surface area (Å²) in [6.07, 6.45) is 1.90. The fraction of sp³-hybridized carbons (Fsp3) is 0.160. The Hall–Kier alpha value is -3.78. The molecule has 0 spiro atoms. The SMILES string of the molecule is COc1cccc(C(=O)Nc2cccc(Sc3ccc4c(NC(=O)C5CC5)n[nH]c4c3)c2)c1. The Morgan fingerprint density at radius 2 is 1.82 bits per heavy atom. The maximum Gasteiger partial charge on any atom is 0.255 e. The van der Waals surface area contributed by atoms with E-state index in [1.165, 1.54) is 0 Å². The molecule has 3 N–H and O–H groups in total. The molecule has 33 heavy (non-hydrogen) atoms. The summed E-state index contributed by atoms with van der Waals surface area (Å²) in [6.45, 7) is 0. The van der Waals surface area contributed by atoms with Crippen LogP contribution in [0.3, 0.4) is 0 Å². The highest BCUT2D eigenvalue weighted by Crippen LogP contribution is 2.34. The fourth-order valence-corrected chi connectivity index (χ4v) is 4.38. The molecule has 0 bridgehead atoms. The van der Waals surface area contributed by atoms with Crippen molar-refractivity contribution in [3.8, 4) is 5.75 Å². The first-order valence-corrected chi connectivity index (χ1v) is 11.4. The smallest absolute Gasteiger partial charge is 0.255 e. The number of benzene rings is 3. The van der Waals surface area contributed by atoms with Gasteiger partial charge in [0.2, 0.25) is 5.91 Å². The van der Waals surface area contributed by atoms with Gasteiger partial charge in [-0.15, -0.1) is 0 Å². The first kappa shape index (κ1) is 21.1. The molecular weight excluding hydrogens is 436 g/mol. The largest absolute Gasteiger partial charge is 0.497 e. The van der Waals surface area contributed by atoms with Crippen molar-refractivity contribution in [1.29, 1.82) is 0 Å². The number of amides is 2. The van der Waals surface area contributed by atoms with E-state index < -0.39 is 0 Å². The van der Waals surface area contributed by atoms with Gasteiger partial charge in [-0.25, -0.2) is 0 Å². The van der Waals surface area contributed by atoms with Crippen LogP contribution in [0, 0.1) is 5.92 Å².